The maximum atomic E-state index is 11.1. The van der Waals surface area contributed by atoms with Gasteiger partial charge in [-0.2, -0.15) is 0 Å². The van der Waals surface area contributed by atoms with Crippen LogP contribution in [0.4, 0.5) is 0 Å². The molecule has 6 N–H and O–H groups in total. The second kappa shape index (κ2) is 31.4. The van der Waals surface area contributed by atoms with Gasteiger partial charge in [-0.05, 0) is 119 Å². The topological polar surface area (TPSA) is 211 Å². The molecule has 14 nitrogen and oxygen atoms in total. The molecule has 0 bridgehead atoms. The number of hydrogen-bond donors (Lipinski definition) is 6. The number of esters is 2. The molecule has 2 saturated heterocycles. The highest BCUT2D eigenvalue weighted by atomic mass is 16.7. The summed E-state index contributed by atoms with van der Waals surface area (Å²) in [6.45, 7) is 20.1. The summed E-state index contributed by atoms with van der Waals surface area (Å²) in [5, 5.41) is 51.4. The fourth-order valence-electron chi connectivity index (χ4n) is 4.50. The molecular formula is C38H72O14. The summed E-state index contributed by atoms with van der Waals surface area (Å²) in [4.78, 5) is 22.0. The molecule has 0 amide bonds. The van der Waals surface area contributed by atoms with Gasteiger partial charge in [0.1, 0.15) is 0 Å². The van der Waals surface area contributed by atoms with Gasteiger partial charge in [-0.25, -0.2) is 9.59 Å². The van der Waals surface area contributed by atoms with E-state index >= 15 is 0 Å². The number of ether oxygens (including phenoxy) is 6. The van der Waals surface area contributed by atoms with E-state index < -0.39 is 23.8 Å². The Balaban J connectivity index is 0. The Kier molecular flexibility index (Phi) is 31.5. The van der Waals surface area contributed by atoms with Crippen molar-refractivity contribution in [3.63, 3.8) is 0 Å². The predicted octanol–water partition coefficient (Wildman–Crippen LogP) is 3.86. The molecule has 0 saturated carbocycles. The monoisotopic (exact) mass is 752 g/mol. The number of rotatable bonds is 22. The van der Waals surface area contributed by atoms with Crippen molar-refractivity contribution in [3.8, 4) is 0 Å². The maximum Gasteiger partial charge on any atom is 0.333 e. The molecule has 4 atom stereocenters. The lowest BCUT2D eigenvalue weighted by Gasteiger charge is -2.16. The SMILES string of the molecule is C=C(C)C(=O)OCCCCC(O)CO.C=C(C)C(=O)OCCCCC1COC(C)(C)O1.CC1(C)OCC(CCCCO)O1.OCCCCC(O)CO. The van der Waals surface area contributed by atoms with Gasteiger partial charge >= 0.3 is 11.9 Å². The molecule has 308 valence electrons. The second-order valence-electron chi connectivity index (χ2n) is 13.8. The third-order valence-corrected chi connectivity index (χ3v) is 7.45. The van der Waals surface area contributed by atoms with E-state index in [0.29, 0.717) is 63.3 Å². The number of aliphatic hydroxyl groups excluding tert-OH is 6. The summed E-state index contributed by atoms with van der Waals surface area (Å²) in [7, 11) is 0. The molecule has 0 spiro atoms. The fourth-order valence-corrected chi connectivity index (χ4v) is 4.50. The van der Waals surface area contributed by atoms with Crippen LogP contribution in [0, 0.1) is 0 Å². The summed E-state index contributed by atoms with van der Waals surface area (Å²) < 4.78 is 32.0. The highest BCUT2D eigenvalue weighted by Gasteiger charge is 2.32. The number of unbranched alkanes of at least 4 members (excludes halogenated alkanes) is 4. The first-order valence-corrected chi connectivity index (χ1v) is 18.5. The molecule has 2 rings (SSSR count). The van der Waals surface area contributed by atoms with Crippen LogP contribution in [0.2, 0.25) is 0 Å². The van der Waals surface area contributed by atoms with E-state index in [1.807, 2.05) is 27.7 Å². The van der Waals surface area contributed by atoms with E-state index in [2.05, 4.69) is 13.2 Å². The molecular weight excluding hydrogens is 680 g/mol. The Labute approximate surface area is 312 Å². The van der Waals surface area contributed by atoms with Gasteiger partial charge < -0.3 is 59.1 Å². The highest BCUT2D eigenvalue weighted by molar-refractivity contribution is 5.87. The van der Waals surface area contributed by atoms with Crippen molar-refractivity contribution in [1.82, 2.24) is 0 Å². The van der Waals surface area contributed by atoms with Gasteiger partial charge in [0.15, 0.2) is 11.6 Å². The molecule has 4 unspecified atom stereocenters. The Morgan fingerprint density at radius 3 is 1.31 bits per heavy atom. The molecule has 2 heterocycles. The Hall–Kier alpha value is -1.98. The van der Waals surface area contributed by atoms with E-state index in [0.717, 1.165) is 51.4 Å². The van der Waals surface area contributed by atoms with E-state index in [1.165, 1.54) is 0 Å². The van der Waals surface area contributed by atoms with Gasteiger partial charge in [-0.15, -0.1) is 0 Å². The molecule has 0 aromatic carbocycles. The average molecular weight is 753 g/mol. The summed E-state index contributed by atoms with van der Waals surface area (Å²) in [5.74, 6) is -1.54. The first-order chi connectivity index (χ1) is 24.4. The highest BCUT2D eigenvalue weighted by Crippen LogP contribution is 2.26. The van der Waals surface area contributed by atoms with Crippen LogP contribution < -0.4 is 0 Å². The molecule has 0 aromatic heterocycles. The van der Waals surface area contributed by atoms with Crippen LogP contribution in [-0.4, -0.2) is 131 Å². The van der Waals surface area contributed by atoms with E-state index in [4.69, 9.17) is 59.1 Å². The number of carbonyl (C=O) groups excluding carboxylic acids is 2. The Bertz CT molecular complexity index is 939. The largest absolute Gasteiger partial charge is 0.462 e. The quantitative estimate of drug-likeness (QED) is 0.0527. The zero-order chi connectivity index (χ0) is 40.0. The molecule has 0 aliphatic carbocycles. The van der Waals surface area contributed by atoms with Crippen LogP contribution in [0.25, 0.3) is 0 Å². The smallest absolute Gasteiger partial charge is 0.333 e. The van der Waals surface area contributed by atoms with Crippen molar-refractivity contribution < 1.29 is 68.6 Å². The Morgan fingerprint density at radius 2 is 0.981 bits per heavy atom. The third-order valence-electron chi connectivity index (χ3n) is 7.45. The molecule has 2 aliphatic rings. The van der Waals surface area contributed by atoms with Crippen molar-refractivity contribution >= 4 is 11.9 Å². The van der Waals surface area contributed by atoms with Crippen LogP contribution in [0.1, 0.15) is 119 Å². The zero-order valence-corrected chi connectivity index (χ0v) is 32.8. The number of carbonyl (C=O) groups is 2. The van der Waals surface area contributed by atoms with E-state index in [1.54, 1.807) is 13.8 Å². The van der Waals surface area contributed by atoms with Crippen LogP contribution in [0.5, 0.6) is 0 Å². The summed E-state index contributed by atoms with van der Waals surface area (Å²) in [6.07, 6.45) is 8.76. The van der Waals surface area contributed by atoms with Crippen molar-refractivity contribution in [3.05, 3.63) is 24.3 Å². The normalized spacial score (nSPS) is 19.4. The van der Waals surface area contributed by atoms with E-state index in [-0.39, 0.29) is 50.6 Å². The van der Waals surface area contributed by atoms with Crippen LogP contribution in [-0.2, 0) is 38.0 Å². The van der Waals surface area contributed by atoms with Gasteiger partial charge in [0.2, 0.25) is 0 Å². The minimum Gasteiger partial charge on any atom is -0.462 e. The summed E-state index contributed by atoms with van der Waals surface area (Å²) in [5.41, 5.74) is 0.833. The fraction of sp³-hybridized carbons (Fsp3) is 0.842. The van der Waals surface area contributed by atoms with Crippen LogP contribution in [0.3, 0.4) is 0 Å². The zero-order valence-electron chi connectivity index (χ0n) is 32.8. The van der Waals surface area contributed by atoms with Gasteiger partial charge in [0.05, 0.1) is 64.1 Å². The van der Waals surface area contributed by atoms with Crippen LogP contribution >= 0.6 is 0 Å². The average Bonchev–Trinajstić information content (AvgIpc) is 3.63. The van der Waals surface area contributed by atoms with Gasteiger partial charge in [0.25, 0.3) is 0 Å². The second-order valence-corrected chi connectivity index (χ2v) is 13.8. The maximum absolute atomic E-state index is 11.1. The minimum atomic E-state index is -0.660. The van der Waals surface area contributed by atoms with E-state index in [9.17, 15) is 9.59 Å². The molecule has 2 fully saturated rings. The van der Waals surface area contributed by atoms with Crippen molar-refractivity contribution in [2.24, 2.45) is 0 Å². The summed E-state index contributed by atoms with van der Waals surface area (Å²) in [6, 6.07) is 0. The molecule has 14 heteroatoms. The molecule has 52 heavy (non-hydrogen) atoms. The number of hydrogen-bond acceptors (Lipinski definition) is 14. The van der Waals surface area contributed by atoms with Crippen molar-refractivity contribution in [2.75, 3.05) is 52.9 Å². The minimum absolute atomic E-state index is 0.165. The lowest BCUT2D eigenvalue weighted by molar-refractivity contribution is -0.140. The van der Waals surface area contributed by atoms with Gasteiger partial charge in [0, 0.05) is 24.4 Å². The standard InChI is InChI=1S/C13H22O4.C10H18O4.C9H18O3.C6H14O3/c1-10(2)12(14)15-8-6-5-7-11-9-16-13(3,4)17-11;1-8(2)10(13)14-6-4-3-5-9(12)7-11;1-9(2)11-7-8(12-9)5-3-4-6-10;7-4-2-1-3-6(9)5-8/h11H,1,5-9H2,2-4H3;9,11-12H,1,3-7H2,2H3;8,10H,3-7H2,1-2H3;6-9H,1-5H2. The molecule has 0 aromatic rings. The molecule has 2 aliphatic heterocycles. The summed E-state index contributed by atoms with van der Waals surface area (Å²) >= 11 is 0. The third kappa shape index (κ3) is 31.5. The first-order valence-electron chi connectivity index (χ1n) is 18.5. The van der Waals surface area contributed by atoms with Gasteiger partial charge in [-0.3, -0.25) is 0 Å². The van der Waals surface area contributed by atoms with Crippen LogP contribution in [0.15, 0.2) is 24.3 Å². The van der Waals surface area contributed by atoms with Crippen molar-refractivity contribution in [2.45, 2.75) is 155 Å². The lowest BCUT2D eigenvalue weighted by atomic mass is 10.2. The Morgan fingerprint density at radius 1 is 0.635 bits per heavy atom. The van der Waals surface area contributed by atoms with Gasteiger partial charge in [-0.1, -0.05) is 13.2 Å². The van der Waals surface area contributed by atoms with Crippen molar-refractivity contribution in [1.29, 1.82) is 0 Å². The predicted molar refractivity (Wildman–Crippen MR) is 197 cm³/mol. The lowest BCUT2D eigenvalue weighted by Crippen LogP contribution is -2.21. The number of aliphatic hydroxyl groups is 6. The first kappa shape index (κ1) is 52.1. The molecule has 0 radical (unpaired) electrons.